The van der Waals surface area contributed by atoms with Crippen LogP contribution in [0.5, 0.6) is 0 Å². The second-order valence-corrected chi connectivity index (χ2v) is 6.60. The lowest BCUT2D eigenvalue weighted by Crippen LogP contribution is -2.41. The summed E-state index contributed by atoms with van der Waals surface area (Å²) < 4.78 is 31.0. The van der Waals surface area contributed by atoms with Gasteiger partial charge in [0, 0.05) is 23.3 Å². The number of halogens is 1. The number of carbonyl (C=O) groups is 2. The number of pyridine rings is 1. The van der Waals surface area contributed by atoms with Crippen molar-refractivity contribution in [1.82, 2.24) is 9.71 Å². The van der Waals surface area contributed by atoms with Crippen molar-refractivity contribution in [2.45, 2.75) is 23.8 Å². The minimum atomic E-state index is -4.06. The van der Waals surface area contributed by atoms with Gasteiger partial charge in [-0.05, 0) is 28.4 Å². The molecule has 0 aliphatic heterocycles. The highest BCUT2D eigenvalue weighted by atomic mass is 79.9. The van der Waals surface area contributed by atoms with Crippen LogP contribution in [-0.4, -0.2) is 43.6 Å². The van der Waals surface area contributed by atoms with Gasteiger partial charge in [0.15, 0.2) is 0 Å². The van der Waals surface area contributed by atoms with Gasteiger partial charge in [0.1, 0.15) is 10.9 Å². The lowest BCUT2D eigenvalue weighted by Gasteiger charge is -2.14. The molecule has 0 unspecified atom stereocenters. The molecule has 116 valence electrons. The first-order valence-corrected chi connectivity index (χ1v) is 7.96. The first-order chi connectivity index (χ1) is 9.76. The summed E-state index contributed by atoms with van der Waals surface area (Å²) in [6.45, 7) is 0. The van der Waals surface area contributed by atoms with Crippen LogP contribution in [0.2, 0.25) is 0 Å². The summed E-state index contributed by atoms with van der Waals surface area (Å²) in [7, 11) is -2.89. The zero-order valence-electron chi connectivity index (χ0n) is 10.9. The van der Waals surface area contributed by atoms with Crippen molar-refractivity contribution in [1.29, 1.82) is 0 Å². The molecule has 0 spiro atoms. The van der Waals surface area contributed by atoms with E-state index in [-0.39, 0.29) is 17.7 Å². The number of nitrogens with one attached hydrogen (secondary N) is 1. The van der Waals surface area contributed by atoms with E-state index in [4.69, 9.17) is 5.11 Å². The van der Waals surface area contributed by atoms with E-state index in [1.807, 2.05) is 4.72 Å². The fourth-order valence-electron chi connectivity index (χ4n) is 1.39. The number of rotatable bonds is 7. The van der Waals surface area contributed by atoms with E-state index in [2.05, 4.69) is 25.7 Å². The molecule has 0 radical (unpaired) electrons. The van der Waals surface area contributed by atoms with Crippen molar-refractivity contribution in [2.24, 2.45) is 0 Å². The number of carbonyl (C=O) groups excluding carboxylic acids is 1. The summed E-state index contributed by atoms with van der Waals surface area (Å²) in [6, 6.07) is -0.151. The van der Waals surface area contributed by atoms with Gasteiger partial charge in [0.05, 0.1) is 7.11 Å². The highest BCUT2D eigenvalue weighted by Gasteiger charge is 2.26. The molecule has 1 aromatic heterocycles. The van der Waals surface area contributed by atoms with Crippen LogP contribution in [0.1, 0.15) is 12.8 Å². The number of aliphatic carboxylic acids is 1. The van der Waals surface area contributed by atoms with Crippen LogP contribution in [0, 0.1) is 0 Å². The third-order valence-corrected chi connectivity index (χ3v) is 4.32. The fraction of sp³-hybridized carbons (Fsp3) is 0.364. The molecule has 8 nitrogen and oxygen atoms in total. The number of esters is 1. The zero-order chi connectivity index (χ0) is 16.0. The van der Waals surface area contributed by atoms with Crippen LogP contribution in [0.4, 0.5) is 0 Å². The van der Waals surface area contributed by atoms with Crippen molar-refractivity contribution in [3.8, 4) is 0 Å². The minimum absolute atomic E-state index is 0.179. The highest BCUT2D eigenvalue weighted by molar-refractivity contribution is 9.10. The molecular weight excluding hydrogens is 368 g/mol. The summed E-state index contributed by atoms with van der Waals surface area (Å²) in [5, 5.41) is 9.02. The number of methoxy groups -OCH3 is 1. The fourth-order valence-corrected chi connectivity index (χ4v) is 3.12. The van der Waals surface area contributed by atoms with Crippen molar-refractivity contribution in [3.63, 3.8) is 0 Å². The quantitative estimate of drug-likeness (QED) is 0.661. The van der Waals surface area contributed by atoms with E-state index in [1.165, 1.54) is 12.3 Å². The van der Waals surface area contributed by atoms with Crippen molar-refractivity contribution in [2.75, 3.05) is 7.11 Å². The summed E-state index contributed by atoms with van der Waals surface area (Å²) >= 11 is 3.08. The summed E-state index contributed by atoms with van der Waals surface area (Å²) in [5.41, 5.74) is 0. The van der Waals surface area contributed by atoms with E-state index in [0.29, 0.717) is 4.47 Å². The molecule has 0 aliphatic carbocycles. The van der Waals surface area contributed by atoms with Crippen LogP contribution >= 0.6 is 15.9 Å². The van der Waals surface area contributed by atoms with E-state index >= 15 is 0 Å². The molecule has 0 bridgehead atoms. The molecule has 0 aromatic carbocycles. The Kier molecular flexibility index (Phi) is 6.24. The van der Waals surface area contributed by atoms with E-state index in [9.17, 15) is 18.0 Å². The number of sulfonamides is 1. The van der Waals surface area contributed by atoms with Crippen LogP contribution in [-0.2, 0) is 24.3 Å². The van der Waals surface area contributed by atoms with E-state index in [1.54, 1.807) is 0 Å². The Hall–Kier alpha value is -1.52. The molecule has 0 aliphatic rings. The molecule has 1 heterocycles. The van der Waals surface area contributed by atoms with Crippen LogP contribution in [0.3, 0.4) is 0 Å². The lowest BCUT2D eigenvalue weighted by molar-refractivity contribution is -0.142. The van der Waals surface area contributed by atoms with Crippen LogP contribution < -0.4 is 4.72 Å². The molecule has 0 amide bonds. The van der Waals surface area contributed by atoms with Crippen LogP contribution in [0.25, 0.3) is 0 Å². The predicted molar refractivity (Wildman–Crippen MR) is 74.9 cm³/mol. The normalized spacial score (nSPS) is 12.7. The predicted octanol–water partition coefficient (Wildman–Crippen LogP) is 0.529. The van der Waals surface area contributed by atoms with Crippen molar-refractivity contribution >= 4 is 37.9 Å². The first-order valence-electron chi connectivity index (χ1n) is 5.69. The largest absolute Gasteiger partial charge is 0.480 e. The van der Waals surface area contributed by atoms with Gasteiger partial charge >= 0.3 is 11.9 Å². The number of carboxylic acids is 1. The topological polar surface area (TPSA) is 123 Å². The molecule has 1 aromatic rings. The maximum Gasteiger partial charge on any atom is 0.321 e. The van der Waals surface area contributed by atoms with Gasteiger partial charge in [-0.3, -0.25) is 14.6 Å². The SMILES string of the molecule is COC(=O)CC[C@H](NS(=O)(=O)c1cncc(Br)c1)C(=O)O. The Morgan fingerprint density at radius 3 is 2.67 bits per heavy atom. The Morgan fingerprint density at radius 2 is 2.14 bits per heavy atom. The number of hydrogen-bond acceptors (Lipinski definition) is 6. The minimum Gasteiger partial charge on any atom is -0.480 e. The van der Waals surface area contributed by atoms with E-state index < -0.39 is 28.0 Å². The number of hydrogen-bond donors (Lipinski definition) is 2. The first kappa shape index (κ1) is 17.5. The van der Waals surface area contributed by atoms with Crippen molar-refractivity contribution < 1.29 is 27.9 Å². The second-order valence-electron chi connectivity index (χ2n) is 3.97. The molecule has 2 N–H and O–H groups in total. The van der Waals surface area contributed by atoms with Gasteiger partial charge in [0.25, 0.3) is 0 Å². The monoisotopic (exact) mass is 380 g/mol. The summed E-state index contributed by atoms with van der Waals surface area (Å²) in [5.74, 6) is -2.00. The maximum absolute atomic E-state index is 12.1. The van der Waals surface area contributed by atoms with Crippen LogP contribution in [0.15, 0.2) is 27.8 Å². The van der Waals surface area contributed by atoms with Crippen molar-refractivity contribution in [3.05, 3.63) is 22.9 Å². The third-order valence-electron chi connectivity index (χ3n) is 2.45. The average molecular weight is 381 g/mol. The average Bonchev–Trinajstić information content (AvgIpc) is 2.42. The smallest absolute Gasteiger partial charge is 0.321 e. The van der Waals surface area contributed by atoms with E-state index in [0.717, 1.165) is 13.3 Å². The number of carboxylic acid groups (broad SMARTS) is 1. The Labute approximate surface area is 129 Å². The molecule has 21 heavy (non-hydrogen) atoms. The van der Waals surface area contributed by atoms with Gasteiger partial charge < -0.3 is 9.84 Å². The Morgan fingerprint density at radius 1 is 1.48 bits per heavy atom. The van der Waals surface area contributed by atoms with Gasteiger partial charge in [-0.15, -0.1) is 0 Å². The molecule has 0 saturated heterocycles. The standard InChI is InChI=1S/C11H13BrN2O6S/c1-20-10(15)3-2-9(11(16)17)14-21(18,19)8-4-7(12)5-13-6-8/h4-6,9,14H,2-3H2,1H3,(H,16,17)/t9-/m0/s1. The zero-order valence-corrected chi connectivity index (χ0v) is 13.3. The third kappa shape index (κ3) is 5.40. The van der Waals surface area contributed by atoms with Gasteiger partial charge in [-0.25, -0.2) is 8.42 Å². The molecule has 1 atom stereocenters. The Bertz CT molecular complexity index is 633. The molecule has 0 saturated carbocycles. The molecule has 10 heteroatoms. The van der Waals surface area contributed by atoms with Gasteiger partial charge in [-0.2, -0.15) is 4.72 Å². The number of ether oxygens (including phenoxy) is 1. The highest BCUT2D eigenvalue weighted by Crippen LogP contribution is 2.15. The maximum atomic E-state index is 12.1. The van der Waals surface area contributed by atoms with Gasteiger partial charge in [0.2, 0.25) is 10.0 Å². The lowest BCUT2D eigenvalue weighted by atomic mass is 10.2. The Balaban J connectivity index is 2.87. The molecular formula is C11H13BrN2O6S. The summed E-state index contributed by atoms with van der Waals surface area (Å²) in [6.07, 6.45) is 2.05. The molecule has 0 fully saturated rings. The second kappa shape index (κ2) is 7.48. The van der Waals surface area contributed by atoms with Gasteiger partial charge in [-0.1, -0.05) is 0 Å². The number of nitrogens with zero attached hydrogens (tertiary/aromatic N) is 1. The number of aromatic nitrogens is 1. The molecule has 1 rings (SSSR count). The summed E-state index contributed by atoms with van der Waals surface area (Å²) in [4.78, 5) is 25.6.